The number of carboxylic acids is 1. The Bertz CT molecular complexity index is 413. The van der Waals surface area contributed by atoms with Crippen LogP contribution >= 0.6 is 0 Å². The molecule has 2 N–H and O–H groups in total. The molecule has 3 amide bonds. The van der Waals surface area contributed by atoms with Crippen molar-refractivity contribution in [1.29, 1.82) is 0 Å². The van der Waals surface area contributed by atoms with Crippen LogP contribution in [0.25, 0.3) is 0 Å². The molecule has 1 aliphatic rings. The van der Waals surface area contributed by atoms with E-state index in [4.69, 9.17) is 0 Å². The molecule has 7 nitrogen and oxygen atoms in total. The van der Waals surface area contributed by atoms with Gasteiger partial charge in [-0.3, -0.25) is 9.59 Å². The quantitative estimate of drug-likeness (QED) is 0.757. The van der Waals surface area contributed by atoms with Crippen LogP contribution in [0.4, 0.5) is 4.79 Å². The lowest BCUT2D eigenvalue weighted by molar-refractivity contribution is -0.148. The number of likely N-dealkylation sites (tertiary alicyclic amines) is 1. The third-order valence-electron chi connectivity index (χ3n) is 4.12. The second-order valence-corrected chi connectivity index (χ2v) is 5.36. The number of amides is 3. The first-order valence-corrected chi connectivity index (χ1v) is 7.44. The van der Waals surface area contributed by atoms with Gasteiger partial charge in [0.1, 0.15) is 6.54 Å². The minimum Gasteiger partial charge on any atom is -0.481 e. The first kappa shape index (κ1) is 17.3. The average molecular weight is 299 g/mol. The number of nitrogens with zero attached hydrogens (tertiary/aromatic N) is 2. The summed E-state index contributed by atoms with van der Waals surface area (Å²) in [4.78, 5) is 38.4. The Kier molecular flexibility index (Phi) is 5.99. The highest BCUT2D eigenvalue weighted by molar-refractivity contribution is 5.85. The summed E-state index contributed by atoms with van der Waals surface area (Å²) in [5.41, 5.74) is -0.846. The molecule has 120 valence electrons. The van der Waals surface area contributed by atoms with Gasteiger partial charge in [0.25, 0.3) is 0 Å². The van der Waals surface area contributed by atoms with E-state index >= 15 is 0 Å². The standard InChI is InChI=1S/C14H25N3O4/c1-4-14(12(19)20)7-8-17(10-14)13(21)16(6-3)9-11(18)15-5-2/h4-10H2,1-3H3,(H,15,18)(H,19,20). The molecule has 0 spiro atoms. The van der Waals surface area contributed by atoms with E-state index in [9.17, 15) is 19.5 Å². The number of carbonyl (C=O) groups is 3. The van der Waals surface area contributed by atoms with Gasteiger partial charge in [-0.2, -0.15) is 0 Å². The van der Waals surface area contributed by atoms with E-state index in [1.807, 2.05) is 13.8 Å². The Morgan fingerprint density at radius 3 is 2.38 bits per heavy atom. The van der Waals surface area contributed by atoms with Crippen LogP contribution in [0.2, 0.25) is 0 Å². The van der Waals surface area contributed by atoms with Gasteiger partial charge in [0.15, 0.2) is 0 Å². The van der Waals surface area contributed by atoms with Crippen molar-refractivity contribution in [1.82, 2.24) is 15.1 Å². The maximum Gasteiger partial charge on any atom is 0.320 e. The van der Waals surface area contributed by atoms with Crippen molar-refractivity contribution in [2.45, 2.75) is 33.6 Å². The fourth-order valence-electron chi connectivity index (χ4n) is 2.59. The third-order valence-corrected chi connectivity index (χ3v) is 4.12. The summed E-state index contributed by atoms with van der Waals surface area (Å²) in [5.74, 6) is -1.06. The highest BCUT2D eigenvalue weighted by atomic mass is 16.4. The number of hydrogen-bond donors (Lipinski definition) is 2. The summed E-state index contributed by atoms with van der Waals surface area (Å²) in [7, 11) is 0. The lowest BCUT2D eigenvalue weighted by atomic mass is 9.84. The van der Waals surface area contributed by atoms with Crippen molar-refractivity contribution in [3.05, 3.63) is 0 Å². The molecule has 0 saturated carbocycles. The minimum absolute atomic E-state index is 0.00582. The summed E-state index contributed by atoms with van der Waals surface area (Å²) >= 11 is 0. The zero-order valence-electron chi connectivity index (χ0n) is 13.0. The summed E-state index contributed by atoms with van der Waals surface area (Å²) in [6, 6.07) is -0.264. The van der Waals surface area contributed by atoms with Crippen molar-refractivity contribution in [2.75, 3.05) is 32.7 Å². The normalized spacial score (nSPS) is 21.2. The van der Waals surface area contributed by atoms with Crippen LogP contribution in [-0.4, -0.2) is 65.5 Å². The highest BCUT2D eigenvalue weighted by Crippen LogP contribution is 2.34. The molecule has 1 fully saturated rings. The number of aliphatic carboxylic acids is 1. The van der Waals surface area contributed by atoms with Crippen LogP contribution in [0.5, 0.6) is 0 Å². The molecular formula is C14H25N3O4. The van der Waals surface area contributed by atoms with Crippen molar-refractivity contribution in [3.63, 3.8) is 0 Å². The highest BCUT2D eigenvalue weighted by Gasteiger charge is 2.45. The Morgan fingerprint density at radius 1 is 1.29 bits per heavy atom. The summed E-state index contributed by atoms with van der Waals surface area (Å²) < 4.78 is 0. The Balaban J connectivity index is 2.70. The molecule has 1 aliphatic heterocycles. The van der Waals surface area contributed by atoms with Crippen LogP contribution in [0.1, 0.15) is 33.6 Å². The molecule has 1 unspecified atom stereocenters. The van der Waals surface area contributed by atoms with Crippen LogP contribution < -0.4 is 5.32 Å². The molecule has 21 heavy (non-hydrogen) atoms. The summed E-state index contributed by atoms with van der Waals surface area (Å²) in [6.07, 6.45) is 0.956. The van der Waals surface area contributed by atoms with Gasteiger partial charge in [-0.15, -0.1) is 0 Å². The van der Waals surface area contributed by atoms with Crippen molar-refractivity contribution in [3.8, 4) is 0 Å². The maximum atomic E-state index is 12.4. The number of rotatable bonds is 6. The van der Waals surface area contributed by atoms with E-state index in [1.165, 1.54) is 4.90 Å². The van der Waals surface area contributed by atoms with Gasteiger partial charge in [-0.05, 0) is 26.7 Å². The molecule has 0 aromatic rings. The smallest absolute Gasteiger partial charge is 0.320 e. The van der Waals surface area contributed by atoms with Crippen LogP contribution in [-0.2, 0) is 9.59 Å². The van der Waals surface area contributed by atoms with E-state index in [2.05, 4.69) is 5.32 Å². The van der Waals surface area contributed by atoms with Crippen LogP contribution in [0.3, 0.4) is 0 Å². The number of carbonyl (C=O) groups excluding carboxylic acids is 2. The molecule has 0 bridgehead atoms. The molecular weight excluding hydrogens is 274 g/mol. The molecule has 0 aliphatic carbocycles. The predicted octanol–water partition coefficient (Wildman–Crippen LogP) is 0.751. The average Bonchev–Trinajstić information content (AvgIpc) is 2.90. The van der Waals surface area contributed by atoms with Gasteiger partial charge in [-0.25, -0.2) is 4.79 Å². The molecule has 7 heteroatoms. The van der Waals surface area contributed by atoms with Gasteiger partial charge in [0.05, 0.1) is 5.41 Å². The lowest BCUT2D eigenvalue weighted by Gasteiger charge is -2.28. The van der Waals surface area contributed by atoms with E-state index < -0.39 is 11.4 Å². The van der Waals surface area contributed by atoms with Gasteiger partial charge in [-0.1, -0.05) is 6.92 Å². The number of hydrogen-bond acceptors (Lipinski definition) is 3. The van der Waals surface area contributed by atoms with E-state index in [0.29, 0.717) is 32.5 Å². The zero-order chi connectivity index (χ0) is 16.0. The Hall–Kier alpha value is -1.79. The van der Waals surface area contributed by atoms with Crippen molar-refractivity contribution >= 4 is 17.9 Å². The number of likely N-dealkylation sites (N-methyl/N-ethyl adjacent to an activating group) is 2. The predicted molar refractivity (Wildman–Crippen MR) is 77.9 cm³/mol. The van der Waals surface area contributed by atoms with Gasteiger partial charge >= 0.3 is 12.0 Å². The second kappa shape index (κ2) is 7.28. The van der Waals surface area contributed by atoms with Gasteiger partial charge < -0.3 is 20.2 Å². The minimum atomic E-state index is -0.855. The molecule has 1 rings (SSSR count). The number of urea groups is 1. The first-order valence-electron chi connectivity index (χ1n) is 7.44. The molecule has 0 aromatic carbocycles. The Labute approximate surface area is 125 Å². The summed E-state index contributed by atoms with van der Waals surface area (Å²) in [6.45, 7) is 7.02. The van der Waals surface area contributed by atoms with E-state index in [1.54, 1.807) is 11.8 Å². The first-order chi connectivity index (χ1) is 9.90. The van der Waals surface area contributed by atoms with Crippen LogP contribution in [0, 0.1) is 5.41 Å². The molecule has 1 heterocycles. The van der Waals surface area contributed by atoms with Crippen molar-refractivity contribution < 1.29 is 19.5 Å². The number of nitrogens with one attached hydrogen (secondary N) is 1. The topological polar surface area (TPSA) is 90.0 Å². The fraction of sp³-hybridized carbons (Fsp3) is 0.786. The molecule has 0 radical (unpaired) electrons. The van der Waals surface area contributed by atoms with E-state index in [-0.39, 0.29) is 25.0 Å². The van der Waals surface area contributed by atoms with Gasteiger partial charge in [0, 0.05) is 26.2 Å². The van der Waals surface area contributed by atoms with Gasteiger partial charge in [0.2, 0.25) is 5.91 Å². The molecule has 1 saturated heterocycles. The Morgan fingerprint density at radius 2 is 1.95 bits per heavy atom. The van der Waals surface area contributed by atoms with E-state index in [0.717, 1.165) is 0 Å². The largest absolute Gasteiger partial charge is 0.481 e. The fourth-order valence-corrected chi connectivity index (χ4v) is 2.59. The number of carboxylic acid groups (broad SMARTS) is 1. The SMILES string of the molecule is CCNC(=O)CN(CC)C(=O)N1CCC(CC)(C(=O)O)C1. The van der Waals surface area contributed by atoms with Crippen LogP contribution in [0.15, 0.2) is 0 Å². The summed E-state index contributed by atoms with van der Waals surface area (Å²) in [5, 5.41) is 12.0. The lowest BCUT2D eigenvalue weighted by Crippen LogP contribution is -2.47. The third kappa shape index (κ3) is 3.86. The molecule has 0 aromatic heterocycles. The second-order valence-electron chi connectivity index (χ2n) is 5.36. The van der Waals surface area contributed by atoms with Crippen molar-refractivity contribution in [2.24, 2.45) is 5.41 Å². The monoisotopic (exact) mass is 299 g/mol. The maximum absolute atomic E-state index is 12.4. The zero-order valence-corrected chi connectivity index (χ0v) is 13.0. The molecule has 1 atom stereocenters.